The van der Waals surface area contributed by atoms with Gasteiger partial charge in [0.25, 0.3) is 0 Å². The summed E-state index contributed by atoms with van der Waals surface area (Å²) in [7, 11) is 0. The first kappa shape index (κ1) is 8.06. The Hall–Kier alpha value is -1.04. The Kier molecular flexibility index (Phi) is 2.48. The van der Waals surface area contributed by atoms with Gasteiger partial charge in [0.2, 0.25) is 0 Å². The van der Waals surface area contributed by atoms with Crippen molar-refractivity contribution in [3.63, 3.8) is 0 Å². The summed E-state index contributed by atoms with van der Waals surface area (Å²) in [5, 5.41) is 0. The number of rotatable bonds is 2. The number of hydrogen-bond donors (Lipinski definition) is 0. The Morgan fingerprint density at radius 1 is 1.36 bits per heavy atom. The molecule has 58 valence electrons. The third-order valence-corrected chi connectivity index (χ3v) is 2.08. The van der Waals surface area contributed by atoms with Crippen molar-refractivity contribution in [1.29, 1.82) is 0 Å². The molecular formula is C11H14. The molecule has 1 rings (SSSR count). The highest BCUT2D eigenvalue weighted by Crippen LogP contribution is 2.25. The standard InChI is InChI=1S/C11H14/c1-4-10-8-6-7-9(3)11(10)5-2/h4-5,8H,1-2,6-7H2,3H3. The summed E-state index contributed by atoms with van der Waals surface area (Å²) < 4.78 is 0. The Morgan fingerprint density at radius 3 is 2.55 bits per heavy atom. The van der Waals surface area contributed by atoms with Crippen LogP contribution >= 0.6 is 0 Å². The molecule has 0 aromatic carbocycles. The van der Waals surface area contributed by atoms with Crippen LogP contribution in [-0.4, -0.2) is 0 Å². The molecule has 0 atom stereocenters. The topological polar surface area (TPSA) is 0 Å². The summed E-state index contributed by atoms with van der Waals surface area (Å²) in [6.07, 6.45) is 8.35. The summed E-state index contributed by atoms with van der Waals surface area (Å²) in [5.74, 6) is 0. The van der Waals surface area contributed by atoms with Crippen LogP contribution in [0.25, 0.3) is 0 Å². The Bertz CT molecular complexity index is 239. The first-order valence-electron chi connectivity index (χ1n) is 3.94. The van der Waals surface area contributed by atoms with Gasteiger partial charge in [-0.05, 0) is 30.9 Å². The van der Waals surface area contributed by atoms with Gasteiger partial charge in [-0.1, -0.05) is 37.0 Å². The molecule has 0 nitrogen and oxygen atoms in total. The quantitative estimate of drug-likeness (QED) is 0.560. The van der Waals surface area contributed by atoms with E-state index in [4.69, 9.17) is 0 Å². The lowest BCUT2D eigenvalue weighted by Gasteiger charge is -2.13. The van der Waals surface area contributed by atoms with Gasteiger partial charge in [-0.15, -0.1) is 0 Å². The molecule has 1 aliphatic carbocycles. The molecule has 0 fully saturated rings. The molecule has 0 spiro atoms. The van der Waals surface area contributed by atoms with Crippen LogP contribution in [0.15, 0.2) is 48.1 Å². The van der Waals surface area contributed by atoms with Gasteiger partial charge in [0.05, 0.1) is 0 Å². The van der Waals surface area contributed by atoms with E-state index in [1.54, 1.807) is 0 Å². The third-order valence-electron chi connectivity index (χ3n) is 2.08. The molecule has 0 aliphatic heterocycles. The van der Waals surface area contributed by atoms with Crippen molar-refractivity contribution in [3.8, 4) is 0 Å². The highest BCUT2D eigenvalue weighted by Gasteiger charge is 2.06. The first-order valence-corrected chi connectivity index (χ1v) is 3.94. The maximum Gasteiger partial charge on any atom is -0.0204 e. The molecule has 0 aromatic heterocycles. The van der Waals surface area contributed by atoms with Gasteiger partial charge in [-0.25, -0.2) is 0 Å². The molecule has 11 heavy (non-hydrogen) atoms. The third kappa shape index (κ3) is 1.51. The average molecular weight is 146 g/mol. The SMILES string of the molecule is C=CC1=CCCC(C)=C1C=C. The largest absolute Gasteiger partial charge is 0.0985 e. The van der Waals surface area contributed by atoms with E-state index in [0.29, 0.717) is 0 Å². The fraction of sp³-hybridized carbons (Fsp3) is 0.273. The van der Waals surface area contributed by atoms with Crippen LogP contribution in [0.2, 0.25) is 0 Å². The van der Waals surface area contributed by atoms with Crippen LogP contribution < -0.4 is 0 Å². The second kappa shape index (κ2) is 3.38. The van der Waals surface area contributed by atoms with E-state index in [-0.39, 0.29) is 0 Å². The molecule has 0 bridgehead atoms. The van der Waals surface area contributed by atoms with Crippen LogP contribution in [0.1, 0.15) is 19.8 Å². The van der Waals surface area contributed by atoms with Crippen LogP contribution in [0.3, 0.4) is 0 Å². The van der Waals surface area contributed by atoms with Gasteiger partial charge in [0, 0.05) is 0 Å². The van der Waals surface area contributed by atoms with Crippen molar-refractivity contribution in [2.75, 3.05) is 0 Å². The molecule has 0 heterocycles. The molecule has 0 aromatic rings. The Balaban J connectivity index is 3.04. The predicted octanol–water partition coefficient (Wildman–Crippen LogP) is 3.40. The van der Waals surface area contributed by atoms with E-state index in [0.717, 1.165) is 6.42 Å². The molecule has 0 unspecified atom stereocenters. The van der Waals surface area contributed by atoms with Crippen molar-refractivity contribution < 1.29 is 0 Å². The number of hydrogen-bond acceptors (Lipinski definition) is 0. The van der Waals surface area contributed by atoms with E-state index < -0.39 is 0 Å². The minimum absolute atomic E-state index is 1.14. The van der Waals surface area contributed by atoms with Crippen molar-refractivity contribution in [1.82, 2.24) is 0 Å². The van der Waals surface area contributed by atoms with E-state index >= 15 is 0 Å². The van der Waals surface area contributed by atoms with Crippen molar-refractivity contribution in [2.24, 2.45) is 0 Å². The number of allylic oxidation sites excluding steroid dienone is 6. The molecule has 1 aliphatic rings. The average Bonchev–Trinajstić information content (AvgIpc) is 2.04. The summed E-state index contributed by atoms with van der Waals surface area (Å²) in [4.78, 5) is 0. The van der Waals surface area contributed by atoms with Gasteiger partial charge in [-0.3, -0.25) is 0 Å². The van der Waals surface area contributed by atoms with Crippen LogP contribution in [0, 0.1) is 0 Å². The van der Waals surface area contributed by atoms with Crippen molar-refractivity contribution >= 4 is 0 Å². The van der Waals surface area contributed by atoms with Gasteiger partial charge in [0.15, 0.2) is 0 Å². The van der Waals surface area contributed by atoms with Gasteiger partial charge < -0.3 is 0 Å². The molecular weight excluding hydrogens is 132 g/mol. The minimum Gasteiger partial charge on any atom is -0.0985 e. The molecule has 0 N–H and O–H groups in total. The molecule has 0 heteroatoms. The predicted molar refractivity (Wildman–Crippen MR) is 50.4 cm³/mol. The molecule has 0 saturated heterocycles. The van der Waals surface area contributed by atoms with E-state index in [1.807, 2.05) is 12.2 Å². The van der Waals surface area contributed by atoms with E-state index in [9.17, 15) is 0 Å². The summed E-state index contributed by atoms with van der Waals surface area (Å²) >= 11 is 0. The molecule has 0 radical (unpaired) electrons. The van der Waals surface area contributed by atoms with Crippen LogP contribution in [0.4, 0.5) is 0 Å². The highest BCUT2D eigenvalue weighted by molar-refractivity contribution is 5.49. The summed E-state index contributed by atoms with van der Waals surface area (Å²) in [6, 6.07) is 0. The zero-order valence-corrected chi connectivity index (χ0v) is 7.06. The van der Waals surface area contributed by atoms with Gasteiger partial charge in [-0.2, -0.15) is 0 Å². The minimum atomic E-state index is 1.14. The first-order chi connectivity index (χ1) is 5.29. The Labute approximate surface area is 68.6 Å². The maximum absolute atomic E-state index is 3.79. The monoisotopic (exact) mass is 146 g/mol. The fourth-order valence-electron chi connectivity index (χ4n) is 1.42. The smallest absolute Gasteiger partial charge is 0.0204 e. The molecule has 0 amide bonds. The summed E-state index contributed by atoms with van der Waals surface area (Å²) in [6.45, 7) is 9.71. The van der Waals surface area contributed by atoms with Crippen LogP contribution in [-0.2, 0) is 0 Å². The van der Waals surface area contributed by atoms with Crippen molar-refractivity contribution in [2.45, 2.75) is 19.8 Å². The second-order valence-electron chi connectivity index (χ2n) is 2.80. The van der Waals surface area contributed by atoms with Gasteiger partial charge in [0.1, 0.15) is 0 Å². The maximum atomic E-state index is 3.79. The van der Waals surface area contributed by atoms with E-state index in [2.05, 4.69) is 26.2 Å². The zero-order chi connectivity index (χ0) is 8.27. The highest BCUT2D eigenvalue weighted by atomic mass is 14.1. The lowest BCUT2D eigenvalue weighted by molar-refractivity contribution is 0.938. The van der Waals surface area contributed by atoms with Gasteiger partial charge >= 0.3 is 0 Å². The van der Waals surface area contributed by atoms with Crippen molar-refractivity contribution in [3.05, 3.63) is 48.1 Å². The fourth-order valence-corrected chi connectivity index (χ4v) is 1.42. The van der Waals surface area contributed by atoms with E-state index in [1.165, 1.54) is 23.1 Å². The Morgan fingerprint density at radius 2 is 2.09 bits per heavy atom. The molecule has 0 saturated carbocycles. The van der Waals surface area contributed by atoms with Crippen LogP contribution in [0.5, 0.6) is 0 Å². The normalized spacial score (nSPS) is 17.7. The second-order valence-corrected chi connectivity index (χ2v) is 2.80. The lowest BCUT2D eigenvalue weighted by atomic mass is 9.92. The lowest BCUT2D eigenvalue weighted by Crippen LogP contribution is -1.94. The summed E-state index contributed by atoms with van der Waals surface area (Å²) in [5.41, 5.74) is 3.94. The zero-order valence-electron chi connectivity index (χ0n) is 7.06.